The van der Waals surface area contributed by atoms with Crippen LogP contribution in [0.3, 0.4) is 0 Å². The molecule has 0 saturated carbocycles. The lowest BCUT2D eigenvalue weighted by Gasteiger charge is -2.20. The summed E-state index contributed by atoms with van der Waals surface area (Å²) in [6.45, 7) is 14.8. The Morgan fingerprint density at radius 3 is 2.26 bits per heavy atom. The second-order valence-electron chi connectivity index (χ2n) is 11.4. The van der Waals surface area contributed by atoms with Crippen LogP contribution in [0.1, 0.15) is 49.7 Å². The van der Waals surface area contributed by atoms with Crippen LogP contribution in [-0.4, -0.2) is 67.0 Å². The molecule has 39 heavy (non-hydrogen) atoms. The van der Waals surface area contributed by atoms with Gasteiger partial charge in [-0.15, -0.1) is 0 Å². The molecule has 0 radical (unpaired) electrons. The normalized spacial score (nSPS) is 20.0. The molecular formula is C30H35F2N7. The predicted octanol–water partition coefficient (Wildman–Crippen LogP) is 5.03. The zero-order valence-electron chi connectivity index (χ0n) is 23.0. The Morgan fingerprint density at radius 2 is 1.59 bits per heavy atom. The number of hydrogen-bond acceptors (Lipinski definition) is 6. The number of aryl methyl sites for hydroxylation is 1. The number of aromatic nitrogens is 5. The molecule has 2 saturated heterocycles. The number of halogens is 2. The Labute approximate surface area is 227 Å². The van der Waals surface area contributed by atoms with Gasteiger partial charge in [0, 0.05) is 68.0 Å². The van der Waals surface area contributed by atoms with Crippen LogP contribution in [0.15, 0.2) is 36.8 Å². The third kappa shape index (κ3) is 5.05. The number of imidazole rings is 1. The quantitative estimate of drug-likeness (QED) is 0.333. The molecule has 0 bridgehead atoms. The second-order valence-corrected chi connectivity index (χ2v) is 11.4. The molecule has 204 valence electrons. The van der Waals surface area contributed by atoms with Crippen LogP contribution in [0.25, 0.3) is 22.2 Å². The maximum Gasteiger partial charge on any atom is 0.151 e. The average Bonchev–Trinajstić information content (AvgIpc) is 3.57. The van der Waals surface area contributed by atoms with Gasteiger partial charge >= 0.3 is 0 Å². The molecule has 1 aromatic carbocycles. The molecule has 5 heterocycles. The number of fused-ring (bicyclic) bond motifs is 2. The van der Waals surface area contributed by atoms with Crippen LogP contribution in [0.4, 0.5) is 8.78 Å². The fourth-order valence-corrected chi connectivity index (χ4v) is 6.43. The van der Waals surface area contributed by atoms with Crippen molar-refractivity contribution in [2.75, 3.05) is 32.7 Å². The number of nitrogens with zero attached hydrogens (tertiary/aromatic N) is 7. The van der Waals surface area contributed by atoms with Gasteiger partial charge in [0.2, 0.25) is 0 Å². The molecule has 7 nitrogen and oxygen atoms in total. The largest absolute Gasteiger partial charge is 0.326 e. The van der Waals surface area contributed by atoms with E-state index in [1.54, 1.807) is 12.1 Å². The van der Waals surface area contributed by atoms with Crippen molar-refractivity contribution in [3.05, 3.63) is 71.3 Å². The molecule has 9 heteroatoms. The van der Waals surface area contributed by atoms with Gasteiger partial charge in [-0.1, -0.05) is 6.92 Å². The molecule has 0 amide bonds. The highest BCUT2D eigenvalue weighted by molar-refractivity contribution is 5.83. The summed E-state index contributed by atoms with van der Waals surface area (Å²) in [7, 11) is 0. The molecule has 2 unspecified atom stereocenters. The van der Waals surface area contributed by atoms with Gasteiger partial charge in [-0.05, 0) is 62.9 Å². The van der Waals surface area contributed by atoms with Gasteiger partial charge in [0.25, 0.3) is 0 Å². The van der Waals surface area contributed by atoms with Crippen molar-refractivity contribution in [2.45, 2.75) is 46.7 Å². The Kier molecular flexibility index (Phi) is 6.89. The predicted molar refractivity (Wildman–Crippen MR) is 147 cm³/mol. The first-order valence-electron chi connectivity index (χ1n) is 13.9. The van der Waals surface area contributed by atoms with Crippen LogP contribution < -0.4 is 0 Å². The third-order valence-electron chi connectivity index (χ3n) is 8.25. The summed E-state index contributed by atoms with van der Waals surface area (Å²) < 4.78 is 31.9. The molecule has 3 aromatic heterocycles. The molecule has 4 aromatic rings. The number of rotatable bonds is 7. The van der Waals surface area contributed by atoms with E-state index in [0.717, 1.165) is 49.4 Å². The first-order valence-corrected chi connectivity index (χ1v) is 13.9. The standard InChI is InChI=1S/C30H35F2N7/c1-5-37-14-22-16-38(17-23(22)15-37)13-20-10-34-29(35-11-20)9-24-8-25(27(32)12-33-24)21-6-26(31)30-28(7-21)39(18(2)3)19(4)36-30/h6-8,10-12,18,22-23H,5,9,13-17H2,1-4H3. The van der Waals surface area contributed by atoms with E-state index < -0.39 is 11.6 Å². The van der Waals surface area contributed by atoms with Gasteiger partial charge in [-0.2, -0.15) is 0 Å². The number of benzene rings is 1. The van der Waals surface area contributed by atoms with E-state index in [1.165, 1.54) is 25.4 Å². The van der Waals surface area contributed by atoms with Crippen molar-refractivity contribution in [1.29, 1.82) is 0 Å². The van der Waals surface area contributed by atoms with Crippen LogP contribution in [0.5, 0.6) is 0 Å². The fourth-order valence-electron chi connectivity index (χ4n) is 6.43. The molecule has 0 spiro atoms. The van der Waals surface area contributed by atoms with Crippen LogP contribution in [-0.2, 0) is 13.0 Å². The number of pyridine rings is 1. The average molecular weight is 532 g/mol. The van der Waals surface area contributed by atoms with Crippen LogP contribution >= 0.6 is 0 Å². The zero-order valence-corrected chi connectivity index (χ0v) is 23.0. The minimum atomic E-state index is -0.501. The molecule has 2 atom stereocenters. The minimum absolute atomic E-state index is 0.0964. The lowest BCUT2D eigenvalue weighted by molar-refractivity contribution is 0.256. The first-order chi connectivity index (χ1) is 18.8. The third-order valence-corrected chi connectivity index (χ3v) is 8.25. The summed E-state index contributed by atoms with van der Waals surface area (Å²) in [5, 5.41) is 0. The van der Waals surface area contributed by atoms with E-state index in [4.69, 9.17) is 0 Å². The van der Waals surface area contributed by atoms with Gasteiger partial charge in [0.1, 0.15) is 23.0 Å². The summed E-state index contributed by atoms with van der Waals surface area (Å²) in [4.78, 5) is 22.9. The monoisotopic (exact) mass is 531 g/mol. The molecule has 0 aliphatic carbocycles. The molecule has 2 fully saturated rings. The molecule has 6 rings (SSSR count). The molecular weight excluding hydrogens is 496 g/mol. The van der Waals surface area contributed by atoms with Crippen molar-refractivity contribution in [3.8, 4) is 11.1 Å². The van der Waals surface area contributed by atoms with Crippen LogP contribution in [0.2, 0.25) is 0 Å². The number of likely N-dealkylation sites (tertiary alicyclic amines) is 2. The highest BCUT2D eigenvalue weighted by Gasteiger charge is 2.39. The van der Waals surface area contributed by atoms with E-state index in [9.17, 15) is 4.39 Å². The van der Waals surface area contributed by atoms with E-state index in [0.29, 0.717) is 40.1 Å². The van der Waals surface area contributed by atoms with Crippen molar-refractivity contribution in [1.82, 2.24) is 34.3 Å². The summed E-state index contributed by atoms with van der Waals surface area (Å²) in [5.74, 6) is 1.92. The molecule has 0 N–H and O–H groups in total. The lowest BCUT2D eigenvalue weighted by Crippen LogP contribution is -2.28. The van der Waals surface area contributed by atoms with E-state index >= 15 is 4.39 Å². The summed E-state index contributed by atoms with van der Waals surface area (Å²) >= 11 is 0. The van der Waals surface area contributed by atoms with Crippen molar-refractivity contribution in [2.24, 2.45) is 11.8 Å². The van der Waals surface area contributed by atoms with Crippen LogP contribution in [0, 0.1) is 30.4 Å². The summed E-state index contributed by atoms with van der Waals surface area (Å²) in [5.41, 5.74) is 3.43. The maximum atomic E-state index is 15.0. The highest BCUT2D eigenvalue weighted by atomic mass is 19.1. The summed E-state index contributed by atoms with van der Waals surface area (Å²) in [6.07, 6.45) is 5.33. The fraction of sp³-hybridized carbons (Fsp3) is 0.467. The maximum absolute atomic E-state index is 15.0. The van der Waals surface area contributed by atoms with Gasteiger partial charge in [-0.25, -0.2) is 23.7 Å². The second kappa shape index (κ2) is 10.4. The van der Waals surface area contributed by atoms with Crippen molar-refractivity contribution < 1.29 is 8.78 Å². The van der Waals surface area contributed by atoms with E-state index in [1.807, 2.05) is 37.7 Å². The Hall–Kier alpha value is -3.30. The van der Waals surface area contributed by atoms with Gasteiger partial charge < -0.3 is 9.47 Å². The van der Waals surface area contributed by atoms with E-state index in [2.05, 4.69) is 36.7 Å². The van der Waals surface area contributed by atoms with Gasteiger partial charge in [0.05, 0.1) is 18.1 Å². The topological polar surface area (TPSA) is 63.0 Å². The Bertz CT molecular complexity index is 1480. The highest BCUT2D eigenvalue weighted by Crippen LogP contribution is 2.32. The lowest BCUT2D eigenvalue weighted by atomic mass is 10.0. The summed E-state index contributed by atoms with van der Waals surface area (Å²) in [6, 6.07) is 4.91. The van der Waals surface area contributed by atoms with Crippen molar-refractivity contribution in [3.63, 3.8) is 0 Å². The molecule has 2 aliphatic heterocycles. The zero-order chi connectivity index (χ0) is 27.3. The molecule has 2 aliphatic rings. The minimum Gasteiger partial charge on any atom is -0.326 e. The van der Waals surface area contributed by atoms with Gasteiger partial charge in [-0.3, -0.25) is 9.88 Å². The van der Waals surface area contributed by atoms with E-state index in [-0.39, 0.29) is 6.04 Å². The van der Waals surface area contributed by atoms with Gasteiger partial charge in [0.15, 0.2) is 5.82 Å². The smallest absolute Gasteiger partial charge is 0.151 e. The number of hydrogen-bond donors (Lipinski definition) is 0. The SMILES string of the molecule is CCN1CC2CN(Cc3cnc(Cc4cc(-c5cc(F)c6nc(C)n(C(C)C)c6c5)c(F)cn4)nc3)CC2C1. The first kappa shape index (κ1) is 26.0. The van der Waals surface area contributed by atoms with Crippen molar-refractivity contribution >= 4 is 11.0 Å². The Balaban J connectivity index is 1.18. The Morgan fingerprint density at radius 1 is 0.897 bits per heavy atom.